The summed E-state index contributed by atoms with van der Waals surface area (Å²) in [4.78, 5) is 24.0. The fraction of sp³-hybridized carbons (Fsp3) is 0.833. The first-order valence-electron chi connectivity index (χ1n) is 6.45. The highest BCUT2D eigenvalue weighted by Gasteiger charge is 2.26. The highest BCUT2D eigenvalue weighted by Crippen LogP contribution is 2.08. The Morgan fingerprint density at radius 3 is 2.21 bits per heavy atom. The number of rotatable bonds is 9. The number of hydrogen-bond acceptors (Lipinski definition) is 4. The Morgan fingerprint density at radius 2 is 1.79 bits per heavy atom. The zero-order valence-electron chi connectivity index (χ0n) is 11.8. The number of carboxylic acid groups (broad SMARTS) is 1. The van der Waals surface area contributed by atoms with Crippen molar-refractivity contribution < 1.29 is 23.1 Å². The highest BCUT2D eigenvalue weighted by molar-refractivity contribution is 7.92. The largest absolute Gasteiger partial charge is 0.480 e. The Labute approximate surface area is 114 Å². The molecule has 1 N–H and O–H groups in total. The summed E-state index contributed by atoms with van der Waals surface area (Å²) in [5.41, 5.74) is 0. The predicted molar refractivity (Wildman–Crippen MR) is 72.7 cm³/mol. The molecule has 0 aliphatic rings. The first kappa shape index (κ1) is 17.9. The Hall–Kier alpha value is -1.11. The molecule has 0 radical (unpaired) electrons. The van der Waals surface area contributed by atoms with E-state index in [1.54, 1.807) is 0 Å². The van der Waals surface area contributed by atoms with Crippen LogP contribution in [0.4, 0.5) is 0 Å². The lowest BCUT2D eigenvalue weighted by atomic mass is 10.2. The normalized spacial score (nSPS) is 13.0. The summed E-state index contributed by atoms with van der Waals surface area (Å²) in [6.07, 6.45) is 2.44. The van der Waals surface area contributed by atoms with Gasteiger partial charge in [0.1, 0.15) is 11.5 Å². The average Bonchev–Trinajstić information content (AvgIpc) is 2.26. The van der Waals surface area contributed by atoms with E-state index in [1.165, 1.54) is 4.90 Å². The van der Waals surface area contributed by atoms with Crippen LogP contribution in [0, 0.1) is 0 Å². The first-order chi connectivity index (χ1) is 8.73. The van der Waals surface area contributed by atoms with Gasteiger partial charge in [0.25, 0.3) is 0 Å². The van der Waals surface area contributed by atoms with Crippen LogP contribution in [0.5, 0.6) is 0 Å². The van der Waals surface area contributed by atoms with Crippen molar-refractivity contribution >= 4 is 21.7 Å². The zero-order chi connectivity index (χ0) is 15.1. The predicted octanol–water partition coefficient (Wildman–Crippen LogP) is 0.913. The average molecular weight is 293 g/mol. The molecule has 0 saturated heterocycles. The van der Waals surface area contributed by atoms with Gasteiger partial charge in [0.15, 0.2) is 9.84 Å². The van der Waals surface area contributed by atoms with Gasteiger partial charge in [-0.25, -0.2) is 8.42 Å². The summed E-state index contributed by atoms with van der Waals surface area (Å²) in [5, 5.41) is 8.49. The second-order valence-electron chi connectivity index (χ2n) is 4.62. The molecule has 7 heteroatoms. The molecule has 0 saturated carbocycles. The maximum Gasteiger partial charge on any atom is 0.318 e. The van der Waals surface area contributed by atoms with E-state index >= 15 is 0 Å². The Bertz CT molecular complexity index is 404. The molecule has 1 atom stereocenters. The van der Waals surface area contributed by atoms with Gasteiger partial charge in [-0.05, 0) is 19.8 Å². The van der Waals surface area contributed by atoms with Crippen LogP contribution in [0.25, 0.3) is 0 Å². The number of sulfone groups is 1. The van der Waals surface area contributed by atoms with Gasteiger partial charge in [-0.3, -0.25) is 9.59 Å². The van der Waals surface area contributed by atoms with Crippen LogP contribution < -0.4 is 0 Å². The van der Waals surface area contributed by atoms with Crippen molar-refractivity contribution in [3.63, 3.8) is 0 Å². The lowest BCUT2D eigenvalue weighted by Crippen LogP contribution is -2.42. The molecule has 0 fully saturated rings. The maximum absolute atomic E-state index is 12.0. The van der Waals surface area contributed by atoms with E-state index in [1.807, 2.05) is 20.8 Å². The number of unbranched alkanes of at least 4 members (excludes halogenated alkanes) is 1. The lowest BCUT2D eigenvalue weighted by Gasteiger charge is -2.28. The minimum Gasteiger partial charge on any atom is -0.480 e. The Kier molecular flexibility index (Phi) is 7.66. The maximum atomic E-state index is 12.0. The summed E-state index contributed by atoms with van der Waals surface area (Å²) in [6.45, 7) is 6.27. The molecule has 0 aliphatic heterocycles. The van der Waals surface area contributed by atoms with Crippen LogP contribution in [0.2, 0.25) is 0 Å². The molecule has 0 bridgehead atoms. The number of hydrogen-bond donors (Lipinski definition) is 1. The summed E-state index contributed by atoms with van der Waals surface area (Å²) >= 11 is 0. The van der Waals surface area contributed by atoms with Gasteiger partial charge in [0.2, 0.25) is 5.91 Å². The molecule has 6 nitrogen and oxygen atoms in total. The van der Waals surface area contributed by atoms with Crippen LogP contribution in [0.15, 0.2) is 0 Å². The van der Waals surface area contributed by atoms with Gasteiger partial charge < -0.3 is 10.0 Å². The molecule has 0 heterocycles. The minimum absolute atomic E-state index is 0.0425. The molecule has 0 aromatic carbocycles. The molecule has 112 valence electrons. The summed E-state index contributed by atoms with van der Waals surface area (Å²) in [6, 6.07) is -0.0425. The van der Waals surface area contributed by atoms with Gasteiger partial charge in [0, 0.05) is 12.6 Å². The van der Waals surface area contributed by atoms with Gasteiger partial charge in [-0.1, -0.05) is 20.3 Å². The number of carbonyl (C=O) groups is 2. The van der Waals surface area contributed by atoms with Crippen molar-refractivity contribution in [2.45, 2.75) is 46.1 Å². The second kappa shape index (κ2) is 8.14. The van der Waals surface area contributed by atoms with Gasteiger partial charge >= 0.3 is 5.97 Å². The first-order valence-corrected chi connectivity index (χ1v) is 8.27. The Balaban J connectivity index is 4.76. The van der Waals surface area contributed by atoms with E-state index in [4.69, 9.17) is 5.11 Å². The second-order valence-corrected chi connectivity index (χ2v) is 6.69. The summed E-state index contributed by atoms with van der Waals surface area (Å²) in [5.74, 6) is -3.67. The van der Waals surface area contributed by atoms with Crippen LogP contribution >= 0.6 is 0 Å². The van der Waals surface area contributed by atoms with Gasteiger partial charge in [0.05, 0.1) is 0 Å². The monoisotopic (exact) mass is 293 g/mol. The van der Waals surface area contributed by atoms with E-state index in [0.717, 1.165) is 19.3 Å². The molecule has 0 aromatic rings. The number of carbonyl (C=O) groups excluding carboxylic acids is 1. The third kappa shape index (κ3) is 7.15. The van der Waals surface area contributed by atoms with Crippen molar-refractivity contribution in [3.8, 4) is 0 Å². The number of aliphatic carboxylic acids is 1. The van der Waals surface area contributed by atoms with E-state index in [9.17, 15) is 18.0 Å². The number of amides is 1. The van der Waals surface area contributed by atoms with Crippen molar-refractivity contribution in [2.75, 3.05) is 18.1 Å². The van der Waals surface area contributed by atoms with E-state index < -0.39 is 33.2 Å². The van der Waals surface area contributed by atoms with Gasteiger partial charge in [-0.15, -0.1) is 0 Å². The van der Waals surface area contributed by atoms with E-state index in [0.29, 0.717) is 6.54 Å². The molecule has 0 aromatic heterocycles. The number of nitrogens with zero attached hydrogens (tertiary/aromatic N) is 1. The fourth-order valence-electron chi connectivity index (χ4n) is 1.65. The third-order valence-electron chi connectivity index (χ3n) is 2.88. The van der Waals surface area contributed by atoms with E-state index in [-0.39, 0.29) is 6.04 Å². The third-order valence-corrected chi connectivity index (χ3v) is 4.26. The van der Waals surface area contributed by atoms with Crippen molar-refractivity contribution in [3.05, 3.63) is 0 Å². The van der Waals surface area contributed by atoms with E-state index in [2.05, 4.69) is 0 Å². The summed E-state index contributed by atoms with van der Waals surface area (Å²) in [7, 11) is -3.88. The van der Waals surface area contributed by atoms with Crippen LogP contribution in [-0.2, 0) is 19.4 Å². The van der Waals surface area contributed by atoms with Crippen LogP contribution in [-0.4, -0.2) is 54.4 Å². The molecule has 0 aliphatic carbocycles. The zero-order valence-corrected chi connectivity index (χ0v) is 12.6. The molecule has 19 heavy (non-hydrogen) atoms. The Morgan fingerprint density at radius 1 is 1.21 bits per heavy atom. The molecule has 0 spiro atoms. The van der Waals surface area contributed by atoms with Crippen LogP contribution in [0.3, 0.4) is 0 Å². The van der Waals surface area contributed by atoms with Crippen molar-refractivity contribution in [1.82, 2.24) is 4.90 Å². The standard InChI is InChI=1S/C12H23NO5S/c1-4-6-7-13(10(3)5-2)11(14)8-19(17,18)9-12(15)16/h10H,4-9H2,1-3H3,(H,15,16). The minimum atomic E-state index is -3.88. The van der Waals surface area contributed by atoms with Crippen LogP contribution in [0.1, 0.15) is 40.0 Å². The van der Waals surface area contributed by atoms with Gasteiger partial charge in [-0.2, -0.15) is 0 Å². The molecule has 0 rings (SSSR count). The quantitative estimate of drug-likeness (QED) is 0.682. The molecule has 1 amide bonds. The number of carboxylic acids is 1. The fourth-order valence-corrected chi connectivity index (χ4v) is 2.67. The highest BCUT2D eigenvalue weighted by atomic mass is 32.2. The molecular formula is C12H23NO5S. The topological polar surface area (TPSA) is 91.8 Å². The lowest BCUT2D eigenvalue weighted by molar-refractivity contribution is -0.134. The molecular weight excluding hydrogens is 270 g/mol. The molecule has 1 unspecified atom stereocenters. The summed E-state index contributed by atoms with van der Waals surface area (Å²) < 4.78 is 23.0. The smallest absolute Gasteiger partial charge is 0.318 e. The SMILES string of the molecule is CCCCN(C(=O)CS(=O)(=O)CC(=O)O)C(C)CC. The van der Waals surface area contributed by atoms with Crippen molar-refractivity contribution in [2.24, 2.45) is 0 Å². The van der Waals surface area contributed by atoms with Crippen molar-refractivity contribution in [1.29, 1.82) is 0 Å².